The monoisotopic (exact) mass is 758 g/mol. The van der Waals surface area contributed by atoms with Crippen LogP contribution in [0.15, 0.2) is 109 Å². The number of hydrogen-bond acceptors (Lipinski definition) is 4. The summed E-state index contributed by atoms with van der Waals surface area (Å²) >= 11 is 4.02. The van der Waals surface area contributed by atoms with Crippen molar-refractivity contribution in [3.8, 4) is 0 Å². The summed E-state index contributed by atoms with van der Waals surface area (Å²) < 4.78 is 5.69. The summed E-state index contributed by atoms with van der Waals surface area (Å²) in [5.41, 5.74) is 11.0. The molecule has 0 spiro atoms. The third kappa shape index (κ3) is 5.36. The number of anilines is 6. The van der Waals surface area contributed by atoms with E-state index in [2.05, 4.69) is 158 Å². The molecular formula is C46H47BN2S2Si2. The molecule has 2 nitrogen and oxygen atoms in total. The van der Waals surface area contributed by atoms with E-state index in [4.69, 9.17) is 0 Å². The molecular weight excluding hydrogens is 712 g/mol. The molecule has 1 saturated carbocycles. The molecule has 0 amide bonds. The molecule has 0 saturated heterocycles. The zero-order valence-corrected chi connectivity index (χ0v) is 35.4. The quantitative estimate of drug-likeness (QED) is 0.161. The third-order valence-corrected chi connectivity index (χ3v) is 18.7. The Morgan fingerprint density at radius 3 is 1.42 bits per heavy atom. The van der Waals surface area contributed by atoms with Crippen LogP contribution in [0.1, 0.15) is 43.6 Å². The van der Waals surface area contributed by atoms with E-state index in [9.17, 15) is 0 Å². The molecule has 0 unspecified atom stereocenters. The Labute approximate surface area is 325 Å². The molecule has 4 heterocycles. The zero-order chi connectivity index (χ0) is 36.2. The number of benzene rings is 5. The highest BCUT2D eigenvalue weighted by atomic mass is 32.1. The maximum Gasteiger partial charge on any atom is 0.277 e. The molecule has 264 valence electrons. The summed E-state index contributed by atoms with van der Waals surface area (Å²) in [5.74, 6) is 0.581. The molecule has 1 fully saturated rings. The first-order valence-electron chi connectivity index (χ1n) is 19.6. The maximum atomic E-state index is 2.68. The summed E-state index contributed by atoms with van der Waals surface area (Å²) in [4.78, 5) is 5.35. The fourth-order valence-corrected chi connectivity index (χ4v) is 14.3. The molecule has 0 bridgehead atoms. The van der Waals surface area contributed by atoms with Crippen LogP contribution in [0.2, 0.25) is 39.3 Å². The lowest BCUT2D eigenvalue weighted by atomic mass is 9.39. The van der Waals surface area contributed by atoms with Crippen molar-refractivity contribution in [2.24, 2.45) is 0 Å². The van der Waals surface area contributed by atoms with E-state index in [1.54, 1.807) is 0 Å². The normalized spacial score (nSPS) is 15.9. The first kappa shape index (κ1) is 33.7. The Kier molecular flexibility index (Phi) is 7.83. The van der Waals surface area contributed by atoms with Crippen LogP contribution in [0.25, 0.3) is 20.2 Å². The molecule has 0 atom stereocenters. The van der Waals surface area contributed by atoms with Crippen LogP contribution in [0.5, 0.6) is 0 Å². The Morgan fingerprint density at radius 1 is 0.547 bits per heavy atom. The van der Waals surface area contributed by atoms with Gasteiger partial charge in [-0.3, -0.25) is 0 Å². The van der Waals surface area contributed by atoms with Gasteiger partial charge in [0.1, 0.15) is 0 Å². The smallest absolute Gasteiger partial charge is 0.277 e. The highest BCUT2D eigenvalue weighted by Crippen LogP contribution is 2.51. The van der Waals surface area contributed by atoms with E-state index >= 15 is 0 Å². The predicted molar refractivity (Wildman–Crippen MR) is 243 cm³/mol. The van der Waals surface area contributed by atoms with Gasteiger partial charge in [-0.25, -0.2) is 0 Å². The highest BCUT2D eigenvalue weighted by Gasteiger charge is 2.47. The molecule has 7 aromatic rings. The van der Waals surface area contributed by atoms with Gasteiger partial charge in [0.15, 0.2) is 0 Å². The molecule has 0 radical (unpaired) electrons. The second-order valence-electron chi connectivity index (χ2n) is 17.6. The fourth-order valence-electron chi connectivity index (χ4n) is 9.32. The van der Waals surface area contributed by atoms with E-state index in [-0.39, 0.29) is 6.71 Å². The second-order valence-corrected chi connectivity index (χ2v) is 29.9. The standard InChI is InChI=1S/C46H47BN2S2Si2/c1-52(2,3)34-24-20-32(21-25-34)48-38-28-31(30-14-8-7-9-15-30)29-39-42(38)47(45-43(48)36-16-10-12-18-40(36)50-45)46-44(37-17-11-13-19-41(37)51-46)49(39)33-22-26-35(27-23-33)53(4,5)6/h10-13,16-30H,7-9,14-15H2,1-6H3. The Morgan fingerprint density at radius 2 is 0.981 bits per heavy atom. The lowest BCUT2D eigenvalue weighted by molar-refractivity contribution is 0.444. The van der Waals surface area contributed by atoms with Gasteiger partial charge in [-0.2, -0.15) is 0 Å². The summed E-state index contributed by atoms with van der Waals surface area (Å²) in [6, 6.07) is 43.0. The Balaban J connectivity index is 1.31. The van der Waals surface area contributed by atoms with Gasteiger partial charge in [0.05, 0.1) is 27.5 Å². The molecule has 3 aliphatic rings. The average Bonchev–Trinajstić information content (AvgIpc) is 3.74. The van der Waals surface area contributed by atoms with Gasteiger partial charge in [0, 0.05) is 52.5 Å². The van der Waals surface area contributed by atoms with Crippen molar-refractivity contribution >= 4 is 125 Å². The third-order valence-electron chi connectivity index (χ3n) is 12.2. The van der Waals surface area contributed by atoms with Gasteiger partial charge in [-0.15, -0.1) is 22.7 Å². The van der Waals surface area contributed by atoms with Crippen molar-refractivity contribution in [2.75, 3.05) is 9.80 Å². The van der Waals surface area contributed by atoms with Gasteiger partial charge in [0.2, 0.25) is 0 Å². The van der Waals surface area contributed by atoms with Crippen molar-refractivity contribution < 1.29 is 0 Å². The SMILES string of the molecule is C[Si](C)(C)c1ccc(N2c3cc(C4CCCCC4)cc4c3B(c3sc5ccccc5c32)c2sc3ccccc3c2N4c2ccc([Si](C)(C)C)cc2)cc1. The van der Waals surface area contributed by atoms with Crippen LogP contribution in [-0.4, -0.2) is 22.9 Å². The van der Waals surface area contributed by atoms with Crippen molar-refractivity contribution in [1.82, 2.24) is 0 Å². The molecule has 2 aromatic heterocycles. The molecule has 53 heavy (non-hydrogen) atoms. The van der Waals surface area contributed by atoms with Crippen LogP contribution < -0.4 is 35.2 Å². The number of rotatable bonds is 5. The highest BCUT2D eigenvalue weighted by molar-refractivity contribution is 7.40. The minimum Gasteiger partial charge on any atom is -0.310 e. The molecule has 1 aliphatic carbocycles. The van der Waals surface area contributed by atoms with E-state index in [0.29, 0.717) is 5.92 Å². The van der Waals surface area contributed by atoms with Crippen LogP contribution in [0, 0.1) is 0 Å². The molecule has 0 N–H and O–H groups in total. The number of thiophene rings is 2. The summed E-state index contributed by atoms with van der Waals surface area (Å²) in [7, 11) is -2.93. The minimum atomic E-state index is -1.47. The van der Waals surface area contributed by atoms with Crippen molar-refractivity contribution in [3.05, 3.63) is 115 Å². The van der Waals surface area contributed by atoms with E-state index < -0.39 is 16.1 Å². The van der Waals surface area contributed by atoms with Gasteiger partial charge >= 0.3 is 0 Å². The van der Waals surface area contributed by atoms with Crippen molar-refractivity contribution in [2.45, 2.75) is 77.3 Å². The number of hydrogen-bond donors (Lipinski definition) is 0. The van der Waals surface area contributed by atoms with E-state index in [1.807, 2.05) is 22.7 Å². The van der Waals surface area contributed by atoms with Crippen molar-refractivity contribution in [1.29, 1.82) is 0 Å². The number of fused-ring (bicyclic) bond motifs is 8. The predicted octanol–water partition coefficient (Wildman–Crippen LogP) is 11.3. The molecule has 10 rings (SSSR count). The average molecular weight is 759 g/mol. The Hall–Kier alpha value is -3.88. The second kappa shape index (κ2) is 12.3. The first-order chi connectivity index (χ1) is 25.6. The van der Waals surface area contributed by atoms with Crippen LogP contribution in [-0.2, 0) is 0 Å². The van der Waals surface area contributed by atoms with Crippen LogP contribution in [0.4, 0.5) is 34.1 Å². The van der Waals surface area contributed by atoms with E-state index in [0.717, 1.165) is 0 Å². The fraction of sp³-hybridized carbons (Fsp3) is 0.261. The zero-order valence-electron chi connectivity index (χ0n) is 31.8. The van der Waals surface area contributed by atoms with Gasteiger partial charge < -0.3 is 9.80 Å². The topological polar surface area (TPSA) is 6.48 Å². The van der Waals surface area contributed by atoms with Gasteiger partial charge in [0.25, 0.3) is 6.71 Å². The van der Waals surface area contributed by atoms with Gasteiger partial charge in [-0.1, -0.05) is 130 Å². The number of nitrogens with zero attached hydrogens (tertiary/aromatic N) is 2. The van der Waals surface area contributed by atoms with E-state index in [1.165, 1.54) is 117 Å². The summed E-state index contributed by atoms with van der Waals surface area (Å²) in [6.07, 6.45) is 6.55. The van der Waals surface area contributed by atoms with Crippen LogP contribution in [0.3, 0.4) is 0 Å². The van der Waals surface area contributed by atoms with Crippen LogP contribution >= 0.6 is 22.7 Å². The molecule has 2 aliphatic heterocycles. The van der Waals surface area contributed by atoms with Gasteiger partial charge in [-0.05, 0) is 78.3 Å². The lowest BCUT2D eigenvalue weighted by Crippen LogP contribution is -2.59. The summed E-state index contributed by atoms with van der Waals surface area (Å²) in [6.45, 7) is 14.9. The largest absolute Gasteiger partial charge is 0.310 e. The summed E-state index contributed by atoms with van der Waals surface area (Å²) in [5, 5.41) is 5.74. The first-order valence-corrected chi connectivity index (χ1v) is 28.2. The minimum absolute atomic E-state index is 0.176. The van der Waals surface area contributed by atoms with Crippen molar-refractivity contribution in [3.63, 3.8) is 0 Å². The maximum absolute atomic E-state index is 2.68. The molecule has 7 heteroatoms. The lowest BCUT2D eigenvalue weighted by Gasteiger charge is -2.43. The molecule has 5 aromatic carbocycles. The Bertz CT molecular complexity index is 2370.